The van der Waals surface area contributed by atoms with Crippen molar-refractivity contribution in [2.24, 2.45) is 0 Å². The number of hydrogen-bond acceptors (Lipinski definition) is 6. The molecule has 1 N–H and O–H groups in total. The van der Waals surface area contributed by atoms with E-state index in [1.54, 1.807) is 12.1 Å². The highest BCUT2D eigenvalue weighted by atomic mass is 32.2. The molecule has 2 heterocycles. The average Bonchev–Trinajstić information content (AvgIpc) is 2.85. The number of halogens is 3. The number of pyridine rings is 1. The molecular weight excluding hydrogens is 505 g/mol. The lowest BCUT2D eigenvalue weighted by Gasteiger charge is -2.36. The fraction of sp³-hybridized carbons (Fsp3) is 0.346. The van der Waals surface area contributed by atoms with Crippen LogP contribution in [0.1, 0.15) is 25.8 Å². The Morgan fingerprint density at radius 1 is 1.14 bits per heavy atom. The van der Waals surface area contributed by atoms with Crippen LogP contribution in [0, 0.1) is 17.5 Å². The molecule has 0 aliphatic carbocycles. The van der Waals surface area contributed by atoms with E-state index in [1.165, 1.54) is 31.3 Å². The normalized spacial score (nSPS) is 14.3. The summed E-state index contributed by atoms with van der Waals surface area (Å²) in [5.41, 5.74) is 1.55. The van der Waals surface area contributed by atoms with Crippen molar-refractivity contribution in [3.05, 3.63) is 65.6 Å². The van der Waals surface area contributed by atoms with Gasteiger partial charge in [0.2, 0.25) is 10.0 Å². The Morgan fingerprint density at radius 2 is 1.89 bits per heavy atom. The van der Waals surface area contributed by atoms with Gasteiger partial charge in [-0.2, -0.15) is 0 Å². The van der Waals surface area contributed by atoms with Gasteiger partial charge in [0.25, 0.3) is 0 Å². The van der Waals surface area contributed by atoms with Gasteiger partial charge < -0.3 is 15.0 Å². The van der Waals surface area contributed by atoms with E-state index in [-0.39, 0.29) is 35.3 Å². The zero-order valence-electron chi connectivity index (χ0n) is 21.1. The highest BCUT2D eigenvalue weighted by molar-refractivity contribution is 7.88. The summed E-state index contributed by atoms with van der Waals surface area (Å²) in [5.74, 6) is -1.44. The smallest absolute Gasteiger partial charge is 0.211 e. The van der Waals surface area contributed by atoms with Crippen molar-refractivity contribution in [2.45, 2.75) is 32.9 Å². The molecule has 4 rings (SSSR count). The van der Waals surface area contributed by atoms with Gasteiger partial charge in [-0.15, -0.1) is 0 Å². The van der Waals surface area contributed by atoms with Crippen LogP contribution in [-0.4, -0.2) is 50.2 Å². The Kier molecular flexibility index (Phi) is 7.65. The van der Waals surface area contributed by atoms with E-state index in [9.17, 15) is 21.6 Å². The number of rotatable bonds is 8. The highest BCUT2D eigenvalue weighted by Gasteiger charge is 2.26. The molecule has 11 heteroatoms. The van der Waals surface area contributed by atoms with Crippen LogP contribution in [0.4, 0.5) is 30.4 Å². The molecule has 0 amide bonds. The van der Waals surface area contributed by atoms with Crippen LogP contribution in [0.2, 0.25) is 0 Å². The number of ether oxygens (including phenoxy) is 1. The number of nitrogens with one attached hydrogen (secondary N) is 1. The van der Waals surface area contributed by atoms with Crippen LogP contribution in [0.15, 0.2) is 42.6 Å². The molecule has 0 saturated carbocycles. The molecule has 0 saturated heterocycles. The van der Waals surface area contributed by atoms with Gasteiger partial charge in [0, 0.05) is 36.4 Å². The first-order valence-electron chi connectivity index (χ1n) is 11.8. The molecule has 198 valence electrons. The fourth-order valence-electron chi connectivity index (χ4n) is 4.12. The summed E-state index contributed by atoms with van der Waals surface area (Å²) >= 11 is 0. The van der Waals surface area contributed by atoms with Gasteiger partial charge in [-0.05, 0) is 49.2 Å². The Balaban J connectivity index is 1.63. The lowest BCUT2D eigenvalue weighted by atomic mass is 10.0. The molecule has 1 unspecified atom stereocenters. The van der Waals surface area contributed by atoms with Crippen molar-refractivity contribution in [2.75, 3.05) is 36.7 Å². The zero-order chi connectivity index (χ0) is 26.9. The van der Waals surface area contributed by atoms with Crippen LogP contribution >= 0.6 is 0 Å². The van der Waals surface area contributed by atoms with Crippen LogP contribution in [0.5, 0.6) is 5.75 Å². The maximum Gasteiger partial charge on any atom is 0.211 e. The van der Waals surface area contributed by atoms with Crippen molar-refractivity contribution in [3.63, 3.8) is 0 Å². The van der Waals surface area contributed by atoms with E-state index in [1.807, 2.05) is 13.8 Å². The average molecular weight is 535 g/mol. The van der Waals surface area contributed by atoms with Gasteiger partial charge in [0.1, 0.15) is 24.1 Å². The first-order chi connectivity index (χ1) is 17.5. The Labute approximate surface area is 214 Å². The number of fused-ring (bicyclic) bond motifs is 1. The SMILES string of the molecule is CCC(C)N1CCOc2c(F)cc(-c3cc(Nc4ccc(CN(C)S(C)(=O)=O)c(F)c4)ncc3F)cc21. The van der Waals surface area contributed by atoms with E-state index in [0.29, 0.717) is 30.1 Å². The Hall–Kier alpha value is -3.31. The summed E-state index contributed by atoms with van der Waals surface area (Å²) in [6.07, 6.45) is 2.91. The number of nitrogens with zero attached hydrogens (tertiary/aromatic N) is 3. The third-order valence-corrected chi connectivity index (χ3v) is 7.75. The van der Waals surface area contributed by atoms with E-state index < -0.39 is 27.5 Å². The maximum absolute atomic E-state index is 15.0. The monoisotopic (exact) mass is 534 g/mol. The van der Waals surface area contributed by atoms with Gasteiger partial charge in [-0.3, -0.25) is 0 Å². The summed E-state index contributed by atoms with van der Waals surface area (Å²) in [7, 11) is -2.10. The largest absolute Gasteiger partial charge is 0.486 e. The Morgan fingerprint density at radius 3 is 2.57 bits per heavy atom. The minimum atomic E-state index is -3.46. The van der Waals surface area contributed by atoms with Gasteiger partial charge in [-0.1, -0.05) is 13.0 Å². The number of benzene rings is 2. The predicted octanol–water partition coefficient (Wildman–Crippen LogP) is 5.30. The van der Waals surface area contributed by atoms with Crippen molar-refractivity contribution >= 4 is 27.2 Å². The molecule has 37 heavy (non-hydrogen) atoms. The molecule has 0 radical (unpaired) electrons. The third kappa shape index (κ3) is 5.83. The second-order valence-electron chi connectivity index (χ2n) is 9.11. The van der Waals surface area contributed by atoms with Crippen LogP contribution in [0.3, 0.4) is 0 Å². The standard InChI is InChI=1S/C26H29F3N4O3S/c1-5-16(2)33-8-9-36-26-22(28)10-18(11-24(26)33)20-13-25(30-14-23(20)29)31-19-7-6-17(21(27)12-19)15-32(3)37(4,34)35/h6-7,10-14,16H,5,8-9,15H2,1-4H3,(H,30,31). The minimum absolute atomic E-state index is 0.120. The van der Waals surface area contributed by atoms with Crippen molar-refractivity contribution < 1.29 is 26.3 Å². The molecule has 1 aromatic heterocycles. The van der Waals surface area contributed by atoms with Crippen molar-refractivity contribution in [1.29, 1.82) is 0 Å². The molecule has 7 nitrogen and oxygen atoms in total. The van der Waals surface area contributed by atoms with E-state index >= 15 is 0 Å². The molecule has 0 fully saturated rings. The summed E-state index contributed by atoms with van der Waals surface area (Å²) < 4.78 is 74.3. The number of aromatic nitrogens is 1. The van der Waals surface area contributed by atoms with E-state index in [0.717, 1.165) is 23.2 Å². The first-order valence-corrected chi connectivity index (χ1v) is 13.7. The van der Waals surface area contributed by atoms with Crippen molar-refractivity contribution in [1.82, 2.24) is 9.29 Å². The number of sulfonamides is 1. The van der Waals surface area contributed by atoms with Crippen LogP contribution < -0.4 is 15.0 Å². The molecule has 1 aliphatic heterocycles. The molecule has 2 aromatic carbocycles. The van der Waals surface area contributed by atoms with Gasteiger partial charge in [0.05, 0.1) is 24.7 Å². The van der Waals surface area contributed by atoms with Gasteiger partial charge >= 0.3 is 0 Å². The third-order valence-electron chi connectivity index (χ3n) is 6.49. The topological polar surface area (TPSA) is 74.8 Å². The quantitative estimate of drug-likeness (QED) is 0.423. The van der Waals surface area contributed by atoms with Crippen LogP contribution in [-0.2, 0) is 16.6 Å². The summed E-state index contributed by atoms with van der Waals surface area (Å²) in [4.78, 5) is 6.08. The second kappa shape index (κ2) is 10.6. The highest BCUT2D eigenvalue weighted by Crippen LogP contribution is 2.40. The molecule has 3 aromatic rings. The van der Waals surface area contributed by atoms with Gasteiger partial charge in [-0.25, -0.2) is 30.9 Å². The molecule has 0 bridgehead atoms. The Bertz CT molecular complexity index is 1420. The zero-order valence-corrected chi connectivity index (χ0v) is 21.9. The minimum Gasteiger partial charge on any atom is -0.486 e. The van der Waals surface area contributed by atoms with E-state index in [4.69, 9.17) is 4.74 Å². The predicted molar refractivity (Wildman–Crippen MR) is 138 cm³/mol. The summed E-state index contributed by atoms with van der Waals surface area (Å²) in [6.45, 7) is 4.92. The van der Waals surface area contributed by atoms with E-state index in [2.05, 4.69) is 15.2 Å². The molecule has 0 spiro atoms. The maximum atomic E-state index is 15.0. The summed E-state index contributed by atoms with van der Waals surface area (Å²) in [5, 5.41) is 2.93. The molecule has 1 atom stereocenters. The molecule has 1 aliphatic rings. The van der Waals surface area contributed by atoms with Crippen molar-refractivity contribution in [3.8, 4) is 16.9 Å². The first kappa shape index (κ1) is 26.7. The van der Waals surface area contributed by atoms with Crippen LogP contribution in [0.25, 0.3) is 11.1 Å². The fourth-order valence-corrected chi connectivity index (χ4v) is 4.50. The molecular formula is C26H29F3N4O3S. The number of hydrogen-bond donors (Lipinski definition) is 1. The summed E-state index contributed by atoms with van der Waals surface area (Å²) in [6, 6.07) is 8.75. The lowest BCUT2D eigenvalue weighted by Crippen LogP contribution is -2.39. The second-order valence-corrected chi connectivity index (χ2v) is 11.2. The number of anilines is 3. The lowest BCUT2D eigenvalue weighted by molar-refractivity contribution is 0.285. The van der Waals surface area contributed by atoms with Gasteiger partial charge in [0.15, 0.2) is 11.6 Å².